The lowest BCUT2D eigenvalue weighted by Gasteiger charge is -2.26. The molecule has 6 nitrogen and oxygen atoms in total. The second-order valence-corrected chi connectivity index (χ2v) is 13.2. The van der Waals surface area contributed by atoms with Crippen LogP contribution in [0.25, 0.3) is 32.5 Å². The Kier molecular flexibility index (Phi) is 8.96. The Balaban J connectivity index is 1.25. The molecule has 1 unspecified atom stereocenters. The number of ether oxygens (including phenoxy) is 1. The van der Waals surface area contributed by atoms with Crippen molar-refractivity contribution in [2.24, 2.45) is 4.99 Å². The Bertz CT molecular complexity index is 2140. The van der Waals surface area contributed by atoms with E-state index in [1.807, 2.05) is 72.8 Å². The van der Waals surface area contributed by atoms with Crippen LogP contribution in [0.5, 0.6) is 0 Å². The Labute approximate surface area is 291 Å². The van der Waals surface area contributed by atoms with Crippen LogP contribution in [-0.4, -0.2) is 34.0 Å². The predicted molar refractivity (Wildman–Crippen MR) is 188 cm³/mol. The topological polar surface area (TPSA) is 77.6 Å². The Morgan fingerprint density at radius 2 is 1.54 bits per heavy atom. The van der Waals surface area contributed by atoms with Crippen LogP contribution in [0.4, 0.5) is 13.2 Å². The first-order valence-electron chi connectivity index (χ1n) is 16.3. The van der Waals surface area contributed by atoms with E-state index in [9.17, 15) is 18.0 Å². The van der Waals surface area contributed by atoms with Gasteiger partial charge in [-0.1, -0.05) is 114 Å². The van der Waals surface area contributed by atoms with Crippen molar-refractivity contribution in [1.82, 2.24) is 10.1 Å². The van der Waals surface area contributed by atoms with Crippen molar-refractivity contribution in [1.29, 1.82) is 0 Å². The van der Waals surface area contributed by atoms with Crippen molar-refractivity contribution in [3.05, 3.63) is 143 Å². The molecule has 1 aliphatic carbocycles. The molecule has 0 amide bonds. The number of hydrogen-bond donors (Lipinski definition) is 0. The van der Waals surface area contributed by atoms with E-state index in [4.69, 9.17) is 14.3 Å². The highest BCUT2D eigenvalue weighted by molar-refractivity contribution is 7.18. The minimum atomic E-state index is -4.70. The number of aromatic nitrogens is 2. The molecule has 7 rings (SSSR count). The Morgan fingerprint density at radius 1 is 0.900 bits per heavy atom. The van der Waals surface area contributed by atoms with Crippen LogP contribution >= 0.6 is 11.3 Å². The molecule has 1 aliphatic rings. The number of nitrogens with zero attached hydrogens (tertiary/aromatic N) is 3. The van der Waals surface area contributed by atoms with Crippen molar-refractivity contribution < 1.29 is 27.2 Å². The second kappa shape index (κ2) is 13.5. The molecule has 2 heterocycles. The standard InChI is InChI=1S/C40H32F3N3O3S/c1-3-48-38(47)39(2,45-33(26-13-7-4-8-14-26)27-15-9-5-10-16-27)24-25-19-21-30-29(23-25)20-22-31-36(30)50-37(44-31)35-32(40(41,42)43)34(46-49-35)28-17-11-6-12-18-28/h4-19,21,23H,3,20,22,24H2,1-2H3. The molecule has 0 aliphatic heterocycles. The van der Waals surface area contributed by atoms with E-state index in [2.05, 4.69) is 16.2 Å². The van der Waals surface area contributed by atoms with Crippen LogP contribution in [0.15, 0.2) is 119 Å². The molecule has 6 aromatic rings. The molecule has 0 N–H and O–H groups in total. The predicted octanol–water partition coefficient (Wildman–Crippen LogP) is 9.65. The van der Waals surface area contributed by atoms with Crippen LogP contribution in [0, 0.1) is 0 Å². The number of alkyl halides is 3. The van der Waals surface area contributed by atoms with Gasteiger partial charge in [-0.05, 0) is 43.4 Å². The van der Waals surface area contributed by atoms with Gasteiger partial charge in [-0.3, -0.25) is 4.99 Å². The largest absolute Gasteiger partial charge is 0.464 e. The van der Waals surface area contributed by atoms with Gasteiger partial charge in [0.05, 0.1) is 22.9 Å². The molecule has 0 radical (unpaired) electrons. The number of carbonyl (C=O) groups excluding carboxylic acids is 1. The number of aliphatic imine (C=N–C) groups is 1. The summed E-state index contributed by atoms with van der Waals surface area (Å²) in [4.78, 5) is 24.2. The van der Waals surface area contributed by atoms with E-state index in [0.717, 1.165) is 44.0 Å². The van der Waals surface area contributed by atoms with Gasteiger partial charge in [-0.2, -0.15) is 13.2 Å². The van der Waals surface area contributed by atoms with Gasteiger partial charge in [-0.15, -0.1) is 11.3 Å². The van der Waals surface area contributed by atoms with Crippen molar-refractivity contribution in [2.45, 2.75) is 44.8 Å². The van der Waals surface area contributed by atoms with Gasteiger partial charge in [-0.25, -0.2) is 9.78 Å². The zero-order valence-electron chi connectivity index (χ0n) is 27.3. The molecule has 0 spiro atoms. The first-order chi connectivity index (χ1) is 24.1. The van der Waals surface area contributed by atoms with E-state index in [-0.39, 0.29) is 29.5 Å². The summed E-state index contributed by atoms with van der Waals surface area (Å²) in [5, 5.41) is 3.97. The maximum Gasteiger partial charge on any atom is 0.422 e. The molecule has 0 fully saturated rings. The highest BCUT2D eigenvalue weighted by Gasteiger charge is 2.42. The summed E-state index contributed by atoms with van der Waals surface area (Å²) >= 11 is 1.16. The van der Waals surface area contributed by atoms with Gasteiger partial charge in [0.1, 0.15) is 11.3 Å². The first kappa shape index (κ1) is 33.2. The van der Waals surface area contributed by atoms with Gasteiger partial charge in [0, 0.05) is 23.1 Å². The third-order valence-electron chi connectivity index (χ3n) is 8.68. The van der Waals surface area contributed by atoms with Crippen LogP contribution in [0.1, 0.15) is 47.4 Å². The van der Waals surface area contributed by atoms with E-state index in [0.29, 0.717) is 29.8 Å². The fourth-order valence-electron chi connectivity index (χ4n) is 6.34. The van der Waals surface area contributed by atoms with Crippen LogP contribution in [0.3, 0.4) is 0 Å². The molecule has 252 valence electrons. The minimum Gasteiger partial charge on any atom is -0.464 e. The average molecular weight is 692 g/mol. The monoisotopic (exact) mass is 691 g/mol. The summed E-state index contributed by atoms with van der Waals surface area (Å²) < 4.78 is 54.2. The quantitative estimate of drug-likeness (QED) is 0.112. The molecular weight excluding hydrogens is 660 g/mol. The summed E-state index contributed by atoms with van der Waals surface area (Å²) in [6.45, 7) is 3.78. The molecule has 0 saturated carbocycles. The lowest BCUT2D eigenvalue weighted by atomic mass is 9.87. The van der Waals surface area contributed by atoms with Gasteiger partial charge in [0.25, 0.3) is 0 Å². The fraction of sp³-hybridized carbons (Fsp3) is 0.200. The lowest BCUT2D eigenvalue weighted by Crippen LogP contribution is -2.39. The number of halogens is 3. The number of benzene rings is 4. The van der Waals surface area contributed by atoms with E-state index >= 15 is 0 Å². The zero-order valence-corrected chi connectivity index (χ0v) is 28.1. The smallest absolute Gasteiger partial charge is 0.422 e. The van der Waals surface area contributed by atoms with Gasteiger partial charge in [0.15, 0.2) is 10.5 Å². The summed E-state index contributed by atoms with van der Waals surface area (Å²) in [6, 6.07) is 33.6. The third-order valence-corrected chi connectivity index (χ3v) is 9.81. The minimum absolute atomic E-state index is 0.132. The van der Waals surface area contributed by atoms with Crippen molar-refractivity contribution >= 4 is 23.0 Å². The molecule has 10 heteroatoms. The molecular formula is C40H32F3N3O3S. The van der Waals surface area contributed by atoms with Crippen molar-refractivity contribution in [2.75, 3.05) is 6.61 Å². The summed E-state index contributed by atoms with van der Waals surface area (Å²) in [7, 11) is 0. The number of esters is 1. The molecule has 2 aromatic heterocycles. The lowest BCUT2D eigenvalue weighted by molar-refractivity contribution is -0.148. The molecule has 0 saturated heterocycles. The maximum atomic E-state index is 14.4. The van der Waals surface area contributed by atoms with Crippen LogP contribution in [-0.2, 0) is 35.0 Å². The van der Waals surface area contributed by atoms with Gasteiger partial charge in [0.2, 0.25) is 5.76 Å². The Morgan fingerprint density at radius 3 is 2.16 bits per heavy atom. The SMILES string of the molecule is CCOC(=O)C(C)(Cc1ccc2c(c1)CCc1nc(-c3onc(-c4ccccc4)c3C(F)(F)F)sc1-2)N=C(c1ccccc1)c1ccccc1. The number of thiazole rings is 1. The maximum absolute atomic E-state index is 14.4. The number of fused-ring (bicyclic) bond motifs is 3. The van der Waals surface area contributed by atoms with E-state index in [1.54, 1.807) is 44.2 Å². The Hall–Kier alpha value is -5.35. The highest BCUT2D eigenvalue weighted by atomic mass is 32.1. The number of rotatable bonds is 9. The number of carbonyl (C=O) groups is 1. The normalized spacial score (nSPS) is 13.5. The van der Waals surface area contributed by atoms with Crippen LogP contribution in [0.2, 0.25) is 0 Å². The van der Waals surface area contributed by atoms with Gasteiger partial charge < -0.3 is 9.26 Å². The third kappa shape index (κ3) is 6.50. The van der Waals surface area contributed by atoms with Crippen molar-refractivity contribution in [3.63, 3.8) is 0 Å². The number of aryl methyl sites for hydroxylation is 2. The first-order valence-corrected chi connectivity index (χ1v) is 17.1. The molecule has 4 aromatic carbocycles. The molecule has 1 atom stereocenters. The summed E-state index contributed by atoms with van der Waals surface area (Å²) in [5.74, 6) is -0.816. The average Bonchev–Trinajstić information content (AvgIpc) is 3.78. The van der Waals surface area contributed by atoms with E-state index < -0.39 is 23.2 Å². The van der Waals surface area contributed by atoms with Crippen molar-refractivity contribution in [3.8, 4) is 32.5 Å². The summed E-state index contributed by atoms with van der Waals surface area (Å²) in [6.07, 6.45) is -3.24. The van der Waals surface area contributed by atoms with Gasteiger partial charge >= 0.3 is 12.1 Å². The molecule has 50 heavy (non-hydrogen) atoms. The van der Waals surface area contributed by atoms with E-state index in [1.165, 1.54) is 0 Å². The second-order valence-electron chi connectivity index (χ2n) is 12.2. The number of hydrogen-bond acceptors (Lipinski definition) is 7. The fourth-order valence-corrected chi connectivity index (χ4v) is 7.49. The van der Waals surface area contributed by atoms with Crippen LogP contribution < -0.4 is 0 Å². The summed E-state index contributed by atoms with van der Waals surface area (Å²) in [5.41, 5.74) is 3.82. The zero-order chi connectivity index (χ0) is 34.9. The molecule has 0 bridgehead atoms. The highest BCUT2D eigenvalue weighted by Crippen LogP contribution is 2.47.